The first-order valence-corrected chi connectivity index (χ1v) is 11.5. The minimum atomic E-state index is -3.49. The van der Waals surface area contributed by atoms with Crippen molar-refractivity contribution in [1.29, 1.82) is 0 Å². The van der Waals surface area contributed by atoms with Gasteiger partial charge in [-0.3, -0.25) is 4.90 Å². The standard InChI is InChI=1S/C20H21BrN4O3S/c1-15-5-2-3-8-18(15)20-22-19(28-23-20)14-24-9-11-25(12-10-24)29(26,27)17-7-4-6-16(21)13-17/h2-8,13H,9-12,14H2,1H3. The van der Waals surface area contributed by atoms with Crippen molar-refractivity contribution in [3.63, 3.8) is 0 Å². The lowest BCUT2D eigenvalue weighted by Gasteiger charge is -2.33. The molecule has 0 bridgehead atoms. The number of halogens is 1. The summed E-state index contributed by atoms with van der Waals surface area (Å²) < 4.78 is 33.4. The SMILES string of the molecule is Cc1ccccc1-c1noc(CN2CCN(S(=O)(=O)c3cccc(Br)c3)CC2)n1. The Kier molecular flexibility index (Phi) is 5.82. The lowest BCUT2D eigenvalue weighted by molar-refractivity contribution is 0.163. The van der Waals surface area contributed by atoms with Crippen LogP contribution in [0.25, 0.3) is 11.4 Å². The number of hydrogen-bond donors (Lipinski definition) is 0. The summed E-state index contributed by atoms with van der Waals surface area (Å²) in [5.74, 6) is 1.11. The van der Waals surface area contributed by atoms with Gasteiger partial charge in [-0.25, -0.2) is 8.42 Å². The molecular formula is C20H21BrN4O3S. The molecule has 1 saturated heterocycles. The van der Waals surface area contributed by atoms with E-state index < -0.39 is 10.0 Å². The van der Waals surface area contributed by atoms with Gasteiger partial charge in [-0.15, -0.1) is 0 Å². The van der Waals surface area contributed by atoms with Crippen molar-refractivity contribution in [2.24, 2.45) is 0 Å². The van der Waals surface area contributed by atoms with Crippen molar-refractivity contribution in [1.82, 2.24) is 19.3 Å². The van der Waals surface area contributed by atoms with E-state index in [4.69, 9.17) is 4.52 Å². The van der Waals surface area contributed by atoms with Gasteiger partial charge in [0.2, 0.25) is 21.7 Å². The van der Waals surface area contributed by atoms with E-state index in [0.29, 0.717) is 49.3 Å². The number of rotatable bonds is 5. The van der Waals surface area contributed by atoms with E-state index in [0.717, 1.165) is 15.6 Å². The number of sulfonamides is 1. The van der Waals surface area contributed by atoms with Crippen molar-refractivity contribution in [2.45, 2.75) is 18.4 Å². The summed E-state index contributed by atoms with van der Waals surface area (Å²) >= 11 is 3.33. The van der Waals surface area contributed by atoms with Crippen LogP contribution in [0.1, 0.15) is 11.5 Å². The lowest BCUT2D eigenvalue weighted by Crippen LogP contribution is -2.48. The van der Waals surface area contributed by atoms with Gasteiger partial charge in [0, 0.05) is 36.2 Å². The Hall–Kier alpha value is -2.07. The number of hydrogen-bond acceptors (Lipinski definition) is 6. The smallest absolute Gasteiger partial charge is 0.243 e. The van der Waals surface area contributed by atoms with Gasteiger partial charge in [0.1, 0.15) is 0 Å². The third kappa shape index (κ3) is 4.42. The van der Waals surface area contributed by atoms with Crippen LogP contribution in [-0.4, -0.2) is 53.9 Å². The molecule has 29 heavy (non-hydrogen) atoms. The first-order chi connectivity index (χ1) is 13.9. The molecule has 0 amide bonds. The highest BCUT2D eigenvalue weighted by atomic mass is 79.9. The molecule has 1 aliphatic heterocycles. The van der Waals surface area contributed by atoms with E-state index in [1.165, 1.54) is 4.31 Å². The van der Waals surface area contributed by atoms with Crippen LogP contribution in [0.15, 0.2) is 62.4 Å². The molecule has 2 heterocycles. The summed E-state index contributed by atoms with van der Waals surface area (Å²) in [4.78, 5) is 6.94. The number of benzene rings is 2. The maximum Gasteiger partial charge on any atom is 0.243 e. The summed E-state index contributed by atoms with van der Waals surface area (Å²) in [5.41, 5.74) is 2.04. The molecule has 1 aliphatic rings. The highest BCUT2D eigenvalue weighted by molar-refractivity contribution is 9.10. The van der Waals surface area contributed by atoms with E-state index >= 15 is 0 Å². The topological polar surface area (TPSA) is 79.5 Å². The maximum absolute atomic E-state index is 12.8. The molecule has 0 saturated carbocycles. The van der Waals surface area contributed by atoms with Crippen LogP contribution in [0.3, 0.4) is 0 Å². The Balaban J connectivity index is 1.39. The van der Waals surface area contributed by atoms with Crippen LogP contribution in [0.5, 0.6) is 0 Å². The minimum Gasteiger partial charge on any atom is -0.338 e. The van der Waals surface area contributed by atoms with Crippen LogP contribution in [0, 0.1) is 6.92 Å². The fourth-order valence-corrected chi connectivity index (χ4v) is 5.37. The molecule has 0 N–H and O–H groups in total. The molecule has 1 aromatic heterocycles. The van der Waals surface area contributed by atoms with Crippen molar-refractivity contribution in [2.75, 3.05) is 26.2 Å². The van der Waals surface area contributed by atoms with Gasteiger partial charge in [0.25, 0.3) is 0 Å². The third-order valence-electron chi connectivity index (χ3n) is 4.98. The van der Waals surface area contributed by atoms with E-state index in [1.54, 1.807) is 18.2 Å². The maximum atomic E-state index is 12.8. The van der Waals surface area contributed by atoms with Crippen LogP contribution in [-0.2, 0) is 16.6 Å². The van der Waals surface area contributed by atoms with Gasteiger partial charge < -0.3 is 4.52 Å². The quantitative estimate of drug-likeness (QED) is 0.561. The van der Waals surface area contributed by atoms with E-state index in [-0.39, 0.29) is 0 Å². The average Bonchev–Trinajstić information content (AvgIpc) is 3.17. The number of nitrogens with zero attached hydrogens (tertiary/aromatic N) is 4. The largest absolute Gasteiger partial charge is 0.338 e. The monoisotopic (exact) mass is 476 g/mol. The zero-order valence-electron chi connectivity index (χ0n) is 16.0. The molecule has 9 heteroatoms. The molecule has 7 nitrogen and oxygen atoms in total. The molecular weight excluding hydrogens is 456 g/mol. The Morgan fingerprint density at radius 3 is 2.55 bits per heavy atom. The van der Waals surface area contributed by atoms with Crippen LogP contribution in [0.4, 0.5) is 0 Å². The minimum absolute atomic E-state index is 0.306. The Bertz CT molecular complexity index is 1110. The normalized spacial score (nSPS) is 16.2. The molecule has 0 spiro atoms. The summed E-state index contributed by atoms with van der Waals surface area (Å²) in [7, 11) is -3.49. The van der Waals surface area contributed by atoms with Gasteiger partial charge in [0.05, 0.1) is 11.4 Å². The van der Waals surface area contributed by atoms with Gasteiger partial charge >= 0.3 is 0 Å². The number of aryl methyl sites for hydroxylation is 1. The molecule has 0 radical (unpaired) electrons. The summed E-state index contributed by atoms with van der Waals surface area (Å²) in [6.45, 7) is 4.58. The first kappa shape index (κ1) is 20.2. The van der Waals surface area contributed by atoms with Gasteiger partial charge in [-0.2, -0.15) is 9.29 Å². The Morgan fingerprint density at radius 2 is 1.83 bits per heavy atom. The zero-order valence-corrected chi connectivity index (χ0v) is 18.4. The molecule has 152 valence electrons. The fraction of sp³-hybridized carbons (Fsp3) is 0.300. The van der Waals surface area contributed by atoms with Crippen molar-refractivity contribution in [3.05, 3.63) is 64.5 Å². The van der Waals surface area contributed by atoms with Gasteiger partial charge in [-0.05, 0) is 30.7 Å². The highest BCUT2D eigenvalue weighted by Gasteiger charge is 2.29. The highest BCUT2D eigenvalue weighted by Crippen LogP contribution is 2.23. The van der Waals surface area contributed by atoms with Crippen molar-refractivity contribution in [3.8, 4) is 11.4 Å². The second-order valence-corrected chi connectivity index (χ2v) is 9.82. The lowest BCUT2D eigenvalue weighted by atomic mass is 10.1. The first-order valence-electron chi connectivity index (χ1n) is 9.30. The number of aromatic nitrogens is 2. The summed E-state index contributed by atoms with van der Waals surface area (Å²) in [6.07, 6.45) is 0. The second kappa shape index (κ2) is 8.35. The van der Waals surface area contributed by atoms with Gasteiger partial charge in [0.15, 0.2) is 0 Å². The summed E-state index contributed by atoms with van der Waals surface area (Å²) in [5, 5.41) is 4.09. The fourth-order valence-electron chi connectivity index (χ4n) is 3.35. The van der Waals surface area contributed by atoms with E-state index in [9.17, 15) is 8.42 Å². The molecule has 0 unspecified atom stereocenters. The Morgan fingerprint density at radius 1 is 1.07 bits per heavy atom. The molecule has 1 fully saturated rings. The number of piperazine rings is 1. The van der Waals surface area contributed by atoms with Crippen LogP contribution in [0.2, 0.25) is 0 Å². The van der Waals surface area contributed by atoms with Crippen molar-refractivity contribution >= 4 is 26.0 Å². The van der Waals surface area contributed by atoms with Gasteiger partial charge in [-0.1, -0.05) is 51.4 Å². The predicted molar refractivity (Wildman–Crippen MR) is 113 cm³/mol. The van der Waals surface area contributed by atoms with Crippen molar-refractivity contribution < 1.29 is 12.9 Å². The molecule has 3 aromatic rings. The summed E-state index contributed by atoms with van der Waals surface area (Å²) in [6, 6.07) is 14.7. The van der Waals surface area contributed by atoms with Crippen LogP contribution >= 0.6 is 15.9 Å². The van der Waals surface area contributed by atoms with E-state index in [2.05, 4.69) is 31.0 Å². The molecule has 0 atom stereocenters. The zero-order chi connectivity index (χ0) is 20.4. The van der Waals surface area contributed by atoms with Crippen LogP contribution < -0.4 is 0 Å². The molecule has 2 aromatic carbocycles. The average molecular weight is 477 g/mol. The second-order valence-electron chi connectivity index (χ2n) is 6.96. The molecule has 4 rings (SSSR count). The predicted octanol–water partition coefficient (Wildman–Crippen LogP) is 3.31. The molecule has 0 aliphatic carbocycles. The third-order valence-corrected chi connectivity index (χ3v) is 7.37. The Labute approximate surface area is 178 Å². The van der Waals surface area contributed by atoms with E-state index in [1.807, 2.05) is 37.3 Å².